The lowest BCUT2D eigenvalue weighted by Crippen LogP contribution is -2.33. The molecule has 0 aliphatic carbocycles. The Bertz CT molecular complexity index is 997. The molecule has 150 valence electrons. The molecule has 0 aromatic carbocycles. The van der Waals surface area contributed by atoms with Crippen LogP contribution in [0.1, 0.15) is 6.23 Å². The summed E-state index contributed by atoms with van der Waals surface area (Å²) < 4.78 is 55.3. The first-order chi connectivity index (χ1) is 12.5. The maximum atomic E-state index is 11.4. The SMILES string of the molecule is Nc1ncnc2c1ncn2[C@@H]1O[C@H](COP(=O)(O)OS(=O)(=O)O)[C@@H](O)C1O. The van der Waals surface area contributed by atoms with Crippen molar-refractivity contribution in [3.63, 3.8) is 0 Å². The van der Waals surface area contributed by atoms with Crippen LogP contribution in [-0.2, 0) is 28.2 Å². The molecule has 0 radical (unpaired) electrons. The minimum atomic E-state index is -5.26. The molecule has 5 atom stereocenters. The van der Waals surface area contributed by atoms with Gasteiger partial charge in [0.25, 0.3) is 0 Å². The zero-order valence-corrected chi connectivity index (χ0v) is 14.8. The molecular formula is C10H14N5O10PS. The maximum absolute atomic E-state index is 11.4. The highest BCUT2D eigenvalue weighted by atomic mass is 32.3. The van der Waals surface area contributed by atoms with E-state index in [1.54, 1.807) is 0 Å². The second-order valence-corrected chi connectivity index (χ2v) is 8.04. The van der Waals surface area contributed by atoms with E-state index in [1.807, 2.05) is 0 Å². The average molecular weight is 427 g/mol. The molecule has 1 aliphatic rings. The van der Waals surface area contributed by atoms with E-state index >= 15 is 0 Å². The average Bonchev–Trinajstić information content (AvgIpc) is 3.07. The van der Waals surface area contributed by atoms with Gasteiger partial charge < -0.3 is 25.6 Å². The van der Waals surface area contributed by atoms with Crippen molar-refractivity contribution in [2.24, 2.45) is 0 Å². The molecule has 0 amide bonds. The van der Waals surface area contributed by atoms with Crippen molar-refractivity contribution in [2.45, 2.75) is 24.5 Å². The smallest absolute Gasteiger partial charge is 0.387 e. The van der Waals surface area contributed by atoms with Crippen LogP contribution in [0.25, 0.3) is 11.2 Å². The normalized spacial score (nSPS) is 28.4. The third-order valence-corrected chi connectivity index (χ3v) is 5.57. The molecule has 2 aromatic heterocycles. The van der Waals surface area contributed by atoms with Crippen molar-refractivity contribution in [1.82, 2.24) is 19.5 Å². The topological polar surface area (TPSA) is 229 Å². The number of nitrogens with two attached hydrogens (primary N) is 1. The van der Waals surface area contributed by atoms with Gasteiger partial charge >= 0.3 is 18.2 Å². The highest BCUT2D eigenvalue weighted by Crippen LogP contribution is 2.45. The molecular weight excluding hydrogens is 413 g/mol. The van der Waals surface area contributed by atoms with E-state index in [2.05, 4.69) is 23.4 Å². The van der Waals surface area contributed by atoms with Crippen LogP contribution in [0, 0.1) is 0 Å². The van der Waals surface area contributed by atoms with Gasteiger partial charge in [-0.3, -0.25) is 13.6 Å². The molecule has 15 nitrogen and oxygen atoms in total. The molecule has 1 fully saturated rings. The Kier molecular flexibility index (Phi) is 5.19. The fourth-order valence-corrected chi connectivity index (χ4v) is 3.92. The largest absolute Gasteiger partial charge is 0.488 e. The van der Waals surface area contributed by atoms with Crippen LogP contribution in [0.4, 0.5) is 5.82 Å². The highest BCUT2D eigenvalue weighted by molar-refractivity contribution is 7.85. The molecule has 2 unspecified atom stereocenters. The fourth-order valence-electron chi connectivity index (χ4n) is 2.46. The van der Waals surface area contributed by atoms with Crippen molar-refractivity contribution < 1.29 is 45.9 Å². The van der Waals surface area contributed by atoms with Crippen LogP contribution >= 0.6 is 7.82 Å². The Hall–Kier alpha value is -1.75. The number of hydrogen-bond acceptors (Lipinski definition) is 12. The van der Waals surface area contributed by atoms with Gasteiger partial charge in [-0.1, -0.05) is 0 Å². The predicted octanol–water partition coefficient (Wildman–Crippen LogP) is -2.04. The molecule has 0 saturated carbocycles. The lowest BCUT2D eigenvalue weighted by Gasteiger charge is -2.16. The summed E-state index contributed by atoms with van der Waals surface area (Å²) in [4.78, 5) is 20.9. The Labute approximate surface area is 150 Å². The highest BCUT2D eigenvalue weighted by Gasteiger charge is 2.45. The standard InChI is InChI=1S/C10H14N5O10PS/c11-8-5-9(13-2-12-8)15(3-14-5)10-7(17)6(16)4(24-10)1-23-26(18,19)25-27(20,21)22/h2-4,6-7,10,16-17H,1H2,(H,18,19)(H2,11,12,13)(H,20,21,22)/t4-,6-,7?,10-/m1/s1. The summed E-state index contributed by atoms with van der Waals surface area (Å²) in [5.41, 5.74) is 6.08. The molecule has 0 spiro atoms. The number of nitrogens with zero attached hydrogens (tertiary/aromatic N) is 4. The first kappa shape index (κ1) is 20.0. The zero-order chi connectivity index (χ0) is 20.0. The molecule has 3 heterocycles. The maximum Gasteiger partial charge on any atom is 0.488 e. The summed E-state index contributed by atoms with van der Waals surface area (Å²) in [6.45, 7) is -0.845. The lowest BCUT2D eigenvalue weighted by atomic mass is 10.1. The number of nitrogen functional groups attached to an aromatic ring is 1. The summed E-state index contributed by atoms with van der Waals surface area (Å²) in [5, 5.41) is 20.2. The zero-order valence-electron chi connectivity index (χ0n) is 13.1. The van der Waals surface area contributed by atoms with Gasteiger partial charge in [-0.05, 0) is 0 Å². The van der Waals surface area contributed by atoms with E-state index < -0.39 is 49.4 Å². The Morgan fingerprint density at radius 3 is 2.67 bits per heavy atom. The first-order valence-corrected chi connectivity index (χ1v) is 9.95. The van der Waals surface area contributed by atoms with Gasteiger partial charge in [0, 0.05) is 0 Å². The third-order valence-electron chi connectivity index (χ3n) is 3.59. The monoisotopic (exact) mass is 427 g/mol. The van der Waals surface area contributed by atoms with Gasteiger partial charge in [0.2, 0.25) is 0 Å². The van der Waals surface area contributed by atoms with Crippen molar-refractivity contribution in [3.8, 4) is 0 Å². The minimum Gasteiger partial charge on any atom is -0.387 e. The number of imidazole rings is 1. The fraction of sp³-hybridized carbons (Fsp3) is 0.500. The number of aromatic nitrogens is 4. The molecule has 17 heteroatoms. The minimum absolute atomic E-state index is 0.0789. The molecule has 6 N–H and O–H groups in total. The van der Waals surface area contributed by atoms with Gasteiger partial charge in [-0.15, -0.1) is 3.97 Å². The van der Waals surface area contributed by atoms with E-state index in [-0.39, 0.29) is 17.0 Å². The van der Waals surface area contributed by atoms with E-state index in [4.69, 9.17) is 15.0 Å². The summed E-state index contributed by atoms with van der Waals surface area (Å²) in [6, 6.07) is 0. The summed E-state index contributed by atoms with van der Waals surface area (Å²) in [7, 11) is -10.5. The Morgan fingerprint density at radius 1 is 1.30 bits per heavy atom. The van der Waals surface area contributed by atoms with Crippen molar-refractivity contribution in [2.75, 3.05) is 12.3 Å². The van der Waals surface area contributed by atoms with E-state index in [9.17, 15) is 28.1 Å². The van der Waals surface area contributed by atoms with Crippen LogP contribution in [0.15, 0.2) is 12.7 Å². The number of hydrogen-bond donors (Lipinski definition) is 5. The second-order valence-electron chi connectivity index (χ2n) is 5.40. The van der Waals surface area contributed by atoms with Crippen LogP contribution in [-0.4, -0.2) is 72.5 Å². The summed E-state index contributed by atoms with van der Waals surface area (Å²) in [5.74, 6) is 0.0789. The molecule has 1 aliphatic heterocycles. The van der Waals surface area contributed by atoms with Gasteiger partial charge in [-0.25, -0.2) is 19.5 Å². The lowest BCUT2D eigenvalue weighted by molar-refractivity contribution is -0.0501. The molecule has 3 rings (SSSR count). The molecule has 2 aromatic rings. The van der Waals surface area contributed by atoms with Gasteiger partial charge in [-0.2, -0.15) is 8.42 Å². The van der Waals surface area contributed by atoms with Crippen molar-refractivity contribution >= 4 is 35.2 Å². The van der Waals surface area contributed by atoms with Crippen LogP contribution < -0.4 is 5.73 Å². The predicted molar refractivity (Wildman–Crippen MR) is 84.1 cm³/mol. The molecule has 1 saturated heterocycles. The number of rotatable bonds is 6. The number of ether oxygens (including phenoxy) is 1. The van der Waals surface area contributed by atoms with Gasteiger partial charge in [0.05, 0.1) is 12.9 Å². The number of phosphoric acid groups is 1. The number of anilines is 1. The van der Waals surface area contributed by atoms with Crippen LogP contribution in [0.5, 0.6) is 0 Å². The van der Waals surface area contributed by atoms with E-state index in [0.717, 1.165) is 6.33 Å². The third kappa shape index (κ3) is 4.23. The van der Waals surface area contributed by atoms with Gasteiger partial charge in [0.15, 0.2) is 17.7 Å². The Balaban J connectivity index is 1.76. The van der Waals surface area contributed by atoms with Crippen molar-refractivity contribution in [3.05, 3.63) is 12.7 Å². The number of fused-ring (bicyclic) bond motifs is 1. The number of aliphatic hydroxyl groups excluding tert-OH is 2. The Morgan fingerprint density at radius 2 is 2.00 bits per heavy atom. The number of aliphatic hydroxyl groups is 2. The summed E-state index contributed by atoms with van der Waals surface area (Å²) in [6.07, 6.45) is -3.29. The second kappa shape index (κ2) is 7.01. The number of phosphoric ester groups is 1. The van der Waals surface area contributed by atoms with Crippen LogP contribution in [0.3, 0.4) is 0 Å². The van der Waals surface area contributed by atoms with E-state index in [1.165, 1.54) is 10.9 Å². The first-order valence-electron chi connectivity index (χ1n) is 7.09. The van der Waals surface area contributed by atoms with Crippen molar-refractivity contribution in [1.29, 1.82) is 0 Å². The van der Waals surface area contributed by atoms with Gasteiger partial charge in [0.1, 0.15) is 30.2 Å². The quantitative estimate of drug-likeness (QED) is 0.247. The van der Waals surface area contributed by atoms with E-state index in [0.29, 0.717) is 0 Å². The van der Waals surface area contributed by atoms with Crippen LogP contribution in [0.2, 0.25) is 0 Å². The molecule has 27 heavy (non-hydrogen) atoms. The summed E-state index contributed by atoms with van der Waals surface area (Å²) >= 11 is 0. The molecule has 0 bridgehead atoms.